The molecular formula is C31H44BFN4O3. The fraction of sp³-hybridized carbons (Fsp3) is 0.516. The minimum absolute atomic E-state index is 0.0665. The fourth-order valence-electron chi connectivity index (χ4n) is 4.98. The van der Waals surface area contributed by atoms with Crippen molar-refractivity contribution in [2.45, 2.75) is 77.4 Å². The van der Waals surface area contributed by atoms with Crippen molar-refractivity contribution in [3.63, 3.8) is 0 Å². The van der Waals surface area contributed by atoms with E-state index in [9.17, 15) is 14.0 Å². The molecule has 40 heavy (non-hydrogen) atoms. The van der Waals surface area contributed by atoms with Crippen molar-refractivity contribution < 1.29 is 18.7 Å². The molecule has 2 aromatic rings. The van der Waals surface area contributed by atoms with Gasteiger partial charge in [-0.25, -0.2) is 0 Å². The van der Waals surface area contributed by atoms with Crippen LogP contribution in [0.25, 0.3) is 0 Å². The summed E-state index contributed by atoms with van der Waals surface area (Å²) in [5.74, 6) is 0.186. The van der Waals surface area contributed by atoms with Crippen molar-refractivity contribution in [2.24, 2.45) is 5.92 Å². The van der Waals surface area contributed by atoms with Crippen molar-refractivity contribution in [3.8, 4) is 5.75 Å². The molecule has 1 aliphatic heterocycles. The molecule has 1 heterocycles. The molecule has 9 heteroatoms. The zero-order valence-corrected chi connectivity index (χ0v) is 24.3. The number of ether oxygens (including phenoxy) is 1. The van der Waals surface area contributed by atoms with E-state index in [0.29, 0.717) is 38.1 Å². The molecule has 0 bridgehead atoms. The summed E-state index contributed by atoms with van der Waals surface area (Å²) in [6, 6.07) is 12.9. The van der Waals surface area contributed by atoms with Crippen molar-refractivity contribution in [3.05, 3.63) is 65.5 Å². The molecule has 0 radical (unpaired) electrons. The zero-order chi connectivity index (χ0) is 29.1. The molecule has 0 aromatic heterocycles. The Morgan fingerprint density at radius 1 is 1.02 bits per heavy atom. The van der Waals surface area contributed by atoms with Crippen LogP contribution in [0.2, 0.25) is 0 Å². The molecule has 4 atom stereocenters. The predicted molar refractivity (Wildman–Crippen MR) is 161 cm³/mol. The van der Waals surface area contributed by atoms with Crippen LogP contribution in [0.1, 0.15) is 64.0 Å². The molecule has 0 spiro atoms. The third-order valence-corrected chi connectivity index (χ3v) is 7.33. The summed E-state index contributed by atoms with van der Waals surface area (Å²) < 4.78 is 20.1. The summed E-state index contributed by atoms with van der Waals surface area (Å²) >= 11 is 0. The summed E-state index contributed by atoms with van der Waals surface area (Å²) in [6.45, 7) is 9.45. The second kappa shape index (κ2) is 15.6. The molecule has 0 fully saturated rings. The number of carbonyl (C=O) groups excluding carboxylic acids is 2. The van der Waals surface area contributed by atoms with Crippen LogP contribution < -0.4 is 26.0 Å². The Labute approximate surface area is 239 Å². The SMILES string of the molecule is B=C1N[C@H](C(C)C)C(=O)N[C@@H](CCC)C(=O)NCCC(C)c2ccccc2OCCN[C@@H]1Cc1cccc(F)c1. The molecule has 0 saturated carbocycles. The number of para-hydroxylation sites is 1. The number of fused-ring (bicyclic) bond motifs is 1. The molecular weight excluding hydrogens is 506 g/mol. The first-order valence-corrected chi connectivity index (χ1v) is 14.4. The summed E-state index contributed by atoms with van der Waals surface area (Å²) in [5, 5.41) is 12.8. The zero-order valence-electron chi connectivity index (χ0n) is 24.3. The third kappa shape index (κ3) is 9.19. The molecule has 0 aliphatic carbocycles. The number of hydrogen-bond donors (Lipinski definition) is 4. The van der Waals surface area contributed by atoms with Gasteiger partial charge in [-0.1, -0.05) is 0 Å². The molecule has 0 saturated heterocycles. The van der Waals surface area contributed by atoms with Gasteiger partial charge in [0.05, 0.1) is 0 Å². The second-order valence-electron chi connectivity index (χ2n) is 10.9. The van der Waals surface area contributed by atoms with Crippen molar-refractivity contribution in [1.29, 1.82) is 0 Å². The first-order valence-electron chi connectivity index (χ1n) is 14.4. The van der Waals surface area contributed by atoms with Gasteiger partial charge in [-0.3, -0.25) is 0 Å². The Balaban J connectivity index is 1.89. The molecule has 2 amide bonds. The number of carbonyl (C=O) groups is 2. The number of nitrogens with one attached hydrogen (secondary N) is 4. The van der Waals surface area contributed by atoms with E-state index >= 15 is 0 Å². The number of hydrogen-bond acceptors (Lipinski definition) is 5. The molecule has 7 nitrogen and oxygen atoms in total. The van der Waals surface area contributed by atoms with E-state index in [2.05, 4.69) is 41.7 Å². The first kappa shape index (κ1) is 31.3. The van der Waals surface area contributed by atoms with Gasteiger partial charge in [0, 0.05) is 0 Å². The van der Waals surface area contributed by atoms with E-state index < -0.39 is 12.1 Å². The minimum atomic E-state index is -0.625. The van der Waals surface area contributed by atoms with E-state index in [1.54, 1.807) is 6.07 Å². The number of benzene rings is 2. The molecule has 216 valence electrons. The quantitative estimate of drug-likeness (QED) is 0.430. The normalized spacial score (nSPS) is 23.6. The average Bonchev–Trinajstić information content (AvgIpc) is 2.92. The molecule has 2 aromatic carbocycles. The van der Waals surface area contributed by atoms with Crippen LogP contribution in [0.3, 0.4) is 0 Å². The van der Waals surface area contributed by atoms with Gasteiger partial charge >= 0.3 is 239 Å². The van der Waals surface area contributed by atoms with E-state index in [1.807, 2.05) is 45.0 Å². The van der Waals surface area contributed by atoms with Gasteiger partial charge in [-0.2, -0.15) is 0 Å². The number of rotatable bonds is 5. The average molecular weight is 551 g/mol. The number of amides is 2. The maximum absolute atomic E-state index is 14.0. The van der Waals surface area contributed by atoms with Gasteiger partial charge in [0.2, 0.25) is 0 Å². The van der Waals surface area contributed by atoms with Gasteiger partial charge in [-0.15, -0.1) is 0 Å². The Morgan fingerprint density at radius 3 is 2.52 bits per heavy atom. The first-order chi connectivity index (χ1) is 19.2. The van der Waals surface area contributed by atoms with E-state index in [-0.39, 0.29) is 35.5 Å². The standard InChI is InChI=1S/C31H44BFN4O3/c1-5-9-25-30(38)35-15-14-21(4)24-12-6-7-13-27(24)40-17-16-34-26(19-22-10-8-11-23(33)18-22)29(32)37-28(20(2)3)31(39)36-25/h6-8,10-13,18,20-21,25-26,28,32,34,37H,5,9,14-17,19H2,1-4H3,(H,35,38)(H,36,39)/t21?,25-,26+,28+/m0/s1. The summed E-state index contributed by atoms with van der Waals surface area (Å²) in [5.41, 5.74) is 2.51. The van der Waals surface area contributed by atoms with E-state index in [1.165, 1.54) is 12.1 Å². The van der Waals surface area contributed by atoms with Gasteiger partial charge < -0.3 is 0 Å². The van der Waals surface area contributed by atoms with Crippen molar-refractivity contribution in [1.82, 2.24) is 21.3 Å². The van der Waals surface area contributed by atoms with Crippen LogP contribution in [-0.4, -0.2) is 62.7 Å². The van der Waals surface area contributed by atoms with Gasteiger partial charge in [0.15, 0.2) is 0 Å². The predicted octanol–water partition coefficient (Wildman–Crippen LogP) is 2.96. The van der Waals surface area contributed by atoms with Gasteiger partial charge in [0.25, 0.3) is 0 Å². The Morgan fingerprint density at radius 2 is 1.80 bits per heavy atom. The molecule has 1 aliphatic rings. The summed E-state index contributed by atoms with van der Waals surface area (Å²) in [4.78, 5) is 26.5. The second-order valence-corrected chi connectivity index (χ2v) is 10.9. The Hall–Kier alpha value is -3.20. The van der Waals surface area contributed by atoms with E-state index in [4.69, 9.17) is 4.74 Å². The molecule has 3 rings (SSSR count). The molecule has 1 unspecified atom stereocenters. The van der Waals surface area contributed by atoms with E-state index in [0.717, 1.165) is 29.7 Å². The fourth-order valence-corrected chi connectivity index (χ4v) is 4.98. The Bertz CT molecular complexity index is 1150. The van der Waals surface area contributed by atoms with Crippen LogP contribution in [-0.2, 0) is 16.0 Å². The third-order valence-electron chi connectivity index (χ3n) is 7.33. The van der Waals surface area contributed by atoms with Crippen molar-refractivity contribution in [2.75, 3.05) is 19.7 Å². The topological polar surface area (TPSA) is 91.5 Å². The van der Waals surface area contributed by atoms with Gasteiger partial charge in [0.1, 0.15) is 0 Å². The van der Waals surface area contributed by atoms with Crippen LogP contribution in [0.4, 0.5) is 4.39 Å². The maximum atomic E-state index is 14.0. The summed E-state index contributed by atoms with van der Waals surface area (Å²) in [7, 11) is 4.26. The van der Waals surface area contributed by atoms with Crippen LogP contribution in [0.15, 0.2) is 48.5 Å². The number of halogens is 1. The Kier molecular flexibility index (Phi) is 12.2. The monoisotopic (exact) mass is 550 g/mol. The van der Waals surface area contributed by atoms with Crippen LogP contribution >= 0.6 is 0 Å². The molecule has 4 N–H and O–H groups in total. The summed E-state index contributed by atoms with van der Waals surface area (Å²) in [6.07, 6.45) is 2.51. The van der Waals surface area contributed by atoms with Crippen LogP contribution in [0.5, 0.6) is 5.75 Å². The van der Waals surface area contributed by atoms with Crippen LogP contribution in [0, 0.1) is 11.7 Å². The van der Waals surface area contributed by atoms with Crippen molar-refractivity contribution >= 4 is 24.9 Å². The van der Waals surface area contributed by atoms with Gasteiger partial charge in [-0.05, 0) is 0 Å².